The third-order valence-electron chi connectivity index (χ3n) is 2.33. The highest BCUT2D eigenvalue weighted by Gasteiger charge is 2.17. The molecule has 1 aromatic carbocycles. The van der Waals surface area contributed by atoms with Crippen LogP contribution in [0.1, 0.15) is 17.3 Å². The largest absolute Gasteiger partial charge is 0.462 e. The third-order valence-corrected chi connectivity index (χ3v) is 2.33. The minimum absolute atomic E-state index is 0.305. The summed E-state index contributed by atoms with van der Waals surface area (Å²) in [6.07, 6.45) is 0. The molecule has 84 valence electrons. The number of benzene rings is 1. The fraction of sp³-hybridized carbons (Fsp3) is 0.182. The second-order valence-corrected chi connectivity index (χ2v) is 3.44. The van der Waals surface area contributed by atoms with Gasteiger partial charge in [-0.05, 0) is 25.1 Å². The van der Waals surface area contributed by atoms with Crippen LogP contribution >= 0.6 is 0 Å². The summed E-state index contributed by atoms with van der Waals surface area (Å²) in [7, 11) is 0. The van der Waals surface area contributed by atoms with Gasteiger partial charge in [-0.2, -0.15) is 0 Å². The summed E-state index contributed by atoms with van der Waals surface area (Å²) in [5, 5.41) is 0.727. The number of ether oxygens (including phenoxy) is 1. The smallest absolute Gasteiger partial charge is 0.342 e. The van der Waals surface area contributed by atoms with Gasteiger partial charge in [0.25, 0.3) is 0 Å². The average molecular weight is 219 g/mol. The first-order chi connectivity index (χ1) is 7.63. The number of nitrogens with two attached hydrogens (primary N) is 2. The molecule has 0 aliphatic heterocycles. The predicted octanol–water partition coefficient (Wildman–Crippen LogP) is 1.51. The fourth-order valence-corrected chi connectivity index (χ4v) is 1.66. The molecule has 16 heavy (non-hydrogen) atoms. The standard InChI is InChI=1S/C11H13N3O2/c1-2-16-11(15)9-7-4-3-6(12)5-8(7)14-10(9)13/h3-5,14H,2,12-13H2,1H3. The molecule has 5 nitrogen and oxygen atoms in total. The molecule has 1 aromatic heterocycles. The topological polar surface area (TPSA) is 94.1 Å². The molecule has 0 saturated heterocycles. The van der Waals surface area contributed by atoms with E-state index in [1.165, 1.54) is 0 Å². The third kappa shape index (κ3) is 1.56. The number of nitrogen functional groups attached to an aromatic ring is 2. The summed E-state index contributed by atoms with van der Waals surface area (Å²) >= 11 is 0. The van der Waals surface area contributed by atoms with Gasteiger partial charge < -0.3 is 21.2 Å². The Hall–Kier alpha value is -2.17. The number of rotatable bonds is 2. The lowest BCUT2D eigenvalue weighted by Gasteiger charge is -2.01. The second kappa shape index (κ2) is 3.77. The van der Waals surface area contributed by atoms with Crippen molar-refractivity contribution in [3.63, 3.8) is 0 Å². The lowest BCUT2D eigenvalue weighted by molar-refractivity contribution is 0.0530. The van der Waals surface area contributed by atoms with Gasteiger partial charge in [-0.15, -0.1) is 0 Å². The molecule has 0 atom stereocenters. The molecule has 0 saturated carbocycles. The predicted molar refractivity (Wildman–Crippen MR) is 63.1 cm³/mol. The van der Waals surface area contributed by atoms with E-state index >= 15 is 0 Å². The molecular formula is C11H13N3O2. The normalized spacial score (nSPS) is 10.6. The molecule has 5 heteroatoms. The molecular weight excluding hydrogens is 206 g/mol. The van der Waals surface area contributed by atoms with Crippen LogP contribution in [-0.4, -0.2) is 17.6 Å². The zero-order chi connectivity index (χ0) is 11.7. The van der Waals surface area contributed by atoms with Crippen LogP contribution in [0.4, 0.5) is 11.5 Å². The molecule has 0 spiro atoms. The van der Waals surface area contributed by atoms with Crippen molar-refractivity contribution in [1.82, 2.24) is 4.98 Å². The Morgan fingerprint density at radius 2 is 2.19 bits per heavy atom. The summed E-state index contributed by atoms with van der Waals surface area (Å²) in [6, 6.07) is 5.20. The highest BCUT2D eigenvalue weighted by Crippen LogP contribution is 2.26. The van der Waals surface area contributed by atoms with E-state index in [2.05, 4.69) is 4.98 Å². The van der Waals surface area contributed by atoms with Gasteiger partial charge in [0.15, 0.2) is 0 Å². The summed E-state index contributed by atoms with van der Waals surface area (Å²) in [5.41, 5.74) is 13.1. The Bertz CT molecular complexity index is 545. The van der Waals surface area contributed by atoms with Crippen molar-refractivity contribution in [2.75, 3.05) is 18.1 Å². The highest BCUT2D eigenvalue weighted by molar-refractivity contribution is 6.09. The van der Waals surface area contributed by atoms with Crippen LogP contribution in [0.15, 0.2) is 18.2 Å². The van der Waals surface area contributed by atoms with E-state index in [9.17, 15) is 4.79 Å². The van der Waals surface area contributed by atoms with Crippen LogP contribution in [0.2, 0.25) is 0 Å². The van der Waals surface area contributed by atoms with E-state index < -0.39 is 5.97 Å². The average Bonchev–Trinajstić information content (AvgIpc) is 2.53. The molecule has 2 rings (SSSR count). The van der Waals surface area contributed by atoms with E-state index in [4.69, 9.17) is 16.2 Å². The second-order valence-electron chi connectivity index (χ2n) is 3.44. The SMILES string of the molecule is CCOC(=O)c1c(N)[nH]c2cc(N)ccc12. The van der Waals surface area contributed by atoms with E-state index in [0.29, 0.717) is 23.7 Å². The van der Waals surface area contributed by atoms with Gasteiger partial charge in [0.2, 0.25) is 0 Å². The molecule has 0 radical (unpaired) electrons. The number of anilines is 2. The van der Waals surface area contributed by atoms with E-state index in [1.807, 2.05) is 0 Å². The lowest BCUT2D eigenvalue weighted by atomic mass is 10.1. The van der Waals surface area contributed by atoms with Gasteiger partial charge in [0.05, 0.1) is 6.61 Å². The number of hydrogen-bond acceptors (Lipinski definition) is 4. The Morgan fingerprint density at radius 3 is 2.88 bits per heavy atom. The molecule has 0 unspecified atom stereocenters. The summed E-state index contributed by atoms with van der Waals surface area (Å²) in [4.78, 5) is 14.6. The van der Waals surface area contributed by atoms with Gasteiger partial charge in [0.1, 0.15) is 11.4 Å². The maximum Gasteiger partial charge on any atom is 0.342 e. The van der Waals surface area contributed by atoms with Crippen molar-refractivity contribution in [3.8, 4) is 0 Å². The van der Waals surface area contributed by atoms with Crippen molar-refractivity contribution in [3.05, 3.63) is 23.8 Å². The Kier molecular flexibility index (Phi) is 2.44. The molecule has 0 fully saturated rings. The van der Waals surface area contributed by atoms with Crippen LogP contribution < -0.4 is 11.5 Å². The minimum Gasteiger partial charge on any atom is -0.462 e. The lowest BCUT2D eigenvalue weighted by Crippen LogP contribution is -2.06. The number of aromatic nitrogens is 1. The molecule has 0 amide bonds. The first kappa shape index (κ1) is 10.4. The number of carbonyl (C=O) groups excluding carboxylic acids is 1. The van der Waals surface area contributed by atoms with Gasteiger partial charge in [0, 0.05) is 16.6 Å². The summed E-state index contributed by atoms with van der Waals surface area (Å²) < 4.78 is 4.94. The van der Waals surface area contributed by atoms with Gasteiger partial charge in [-0.3, -0.25) is 0 Å². The number of nitrogens with one attached hydrogen (secondary N) is 1. The van der Waals surface area contributed by atoms with Crippen LogP contribution in [0.5, 0.6) is 0 Å². The number of carbonyl (C=O) groups is 1. The van der Waals surface area contributed by atoms with Gasteiger partial charge in [-0.25, -0.2) is 4.79 Å². The number of aromatic amines is 1. The van der Waals surface area contributed by atoms with E-state index in [-0.39, 0.29) is 0 Å². The summed E-state index contributed by atoms with van der Waals surface area (Å²) in [5.74, 6) is -0.116. The van der Waals surface area contributed by atoms with E-state index in [0.717, 1.165) is 10.9 Å². The zero-order valence-electron chi connectivity index (χ0n) is 8.91. The van der Waals surface area contributed by atoms with Crippen molar-refractivity contribution in [2.24, 2.45) is 0 Å². The van der Waals surface area contributed by atoms with Gasteiger partial charge >= 0.3 is 5.97 Å². The maximum absolute atomic E-state index is 11.7. The van der Waals surface area contributed by atoms with Crippen LogP contribution in [-0.2, 0) is 4.74 Å². The van der Waals surface area contributed by atoms with Crippen LogP contribution in [0, 0.1) is 0 Å². The Labute approximate surface area is 92.4 Å². The highest BCUT2D eigenvalue weighted by atomic mass is 16.5. The molecule has 0 bridgehead atoms. The molecule has 1 heterocycles. The number of esters is 1. The van der Waals surface area contributed by atoms with Crippen molar-refractivity contribution in [1.29, 1.82) is 0 Å². The van der Waals surface area contributed by atoms with E-state index in [1.54, 1.807) is 25.1 Å². The molecule has 2 aromatic rings. The fourth-order valence-electron chi connectivity index (χ4n) is 1.66. The molecule has 0 aliphatic carbocycles. The van der Waals surface area contributed by atoms with Crippen molar-refractivity contribution < 1.29 is 9.53 Å². The number of H-pyrrole nitrogens is 1. The maximum atomic E-state index is 11.7. The number of hydrogen-bond donors (Lipinski definition) is 3. The van der Waals surface area contributed by atoms with Crippen LogP contribution in [0.25, 0.3) is 10.9 Å². The quantitative estimate of drug-likeness (QED) is 0.527. The molecule has 5 N–H and O–H groups in total. The van der Waals surface area contributed by atoms with Gasteiger partial charge in [-0.1, -0.05) is 0 Å². The first-order valence-electron chi connectivity index (χ1n) is 4.97. The summed E-state index contributed by atoms with van der Waals surface area (Å²) in [6.45, 7) is 2.07. The first-order valence-corrected chi connectivity index (χ1v) is 4.97. The Morgan fingerprint density at radius 1 is 1.44 bits per heavy atom. The van der Waals surface area contributed by atoms with Crippen molar-refractivity contribution in [2.45, 2.75) is 6.92 Å². The van der Waals surface area contributed by atoms with Crippen LogP contribution in [0.3, 0.4) is 0 Å². The monoisotopic (exact) mass is 219 g/mol. The zero-order valence-corrected chi connectivity index (χ0v) is 8.91. The molecule has 0 aliphatic rings. The minimum atomic E-state index is -0.420. The van der Waals surface area contributed by atoms with Crippen molar-refractivity contribution >= 4 is 28.4 Å². The number of fused-ring (bicyclic) bond motifs is 1. The Balaban J connectivity index is 2.60.